The number of halogens is 5. The zero-order valence-electron chi connectivity index (χ0n) is 16.7. The van der Waals surface area contributed by atoms with Crippen molar-refractivity contribution in [1.29, 1.82) is 10.5 Å². The fraction of sp³-hybridized carbons (Fsp3) is 0.350. The Balaban J connectivity index is 1.74. The van der Waals surface area contributed by atoms with Crippen molar-refractivity contribution in [3.63, 3.8) is 0 Å². The summed E-state index contributed by atoms with van der Waals surface area (Å²) in [7, 11) is 0. The summed E-state index contributed by atoms with van der Waals surface area (Å²) in [6.45, 7) is -2.02. The van der Waals surface area contributed by atoms with Crippen LogP contribution in [0.3, 0.4) is 0 Å². The highest BCUT2D eigenvalue weighted by Crippen LogP contribution is 2.32. The van der Waals surface area contributed by atoms with E-state index in [1.807, 2.05) is 11.4 Å². The molecule has 1 N–H and O–H groups in total. The van der Waals surface area contributed by atoms with E-state index < -0.39 is 60.7 Å². The number of rotatable bonds is 5. The van der Waals surface area contributed by atoms with E-state index in [-0.39, 0.29) is 6.54 Å². The fourth-order valence-electron chi connectivity index (χ4n) is 3.30. The second kappa shape index (κ2) is 8.86. The van der Waals surface area contributed by atoms with Gasteiger partial charge in [0.15, 0.2) is 5.69 Å². The van der Waals surface area contributed by atoms with Crippen molar-refractivity contribution in [3.8, 4) is 12.1 Å². The molecule has 1 aromatic heterocycles. The van der Waals surface area contributed by atoms with Crippen LogP contribution in [0.15, 0.2) is 30.5 Å². The van der Waals surface area contributed by atoms with E-state index in [2.05, 4.69) is 5.10 Å². The third-order valence-electron chi connectivity index (χ3n) is 4.84. The first kappa shape index (κ1) is 23.7. The number of hydrogen-bond acceptors (Lipinski definition) is 5. The predicted octanol–water partition coefficient (Wildman–Crippen LogP) is 2.31. The van der Waals surface area contributed by atoms with Crippen molar-refractivity contribution in [1.82, 2.24) is 20.0 Å². The minimum Gasteiger partial charge on any atom is -0.343 e. The number of likely N-dealkylation sites (tertiary alicyclic amines) is 1. The van der Waals surface area contributed by atoms with Gasteiger partial charge in [-0.3, -0.25) is 14.3 Å². The lowest BCUT2D eigenvalue weighted by atomic mass is 10.1. The number of nitrogens with zero attached hydrogens (tertiary/aromatic N) is 5. The average Bonchev–Trinajstić information content (AvgIpc) is 3.32. The number of carbonyl (C=O) groups is 2. The zero-order valence-corrected chi connectivity index (χ0v) is 16.7. The molecule has 2 amide bonds. The summed E-state index contributed by atoms with van der Waals surface area (Å²) < 4.78 is 68.0. The number of carbonyl (C=O) groups excluding carboxylic acids is 2. The monoisotopic (exact) mass is 466 g/mol. The van der Waals surface area contributed by atoms with E-state index in [9.17, 15) is 31.5 Å². The summed E-state index contributed by atoms with van der Waals surface area (Å²) in [5.74, 6) is -5.57. The van der Waals surface area contributed by atoms with Gasteiger partial charge >= 0.3 is 6.18 Å². The Hall–Kier alpha value is -4.00. The van der Waals surface area contributed by atoms with Crippen molar-refractivity contribution in [2.75, 3.05) is 13.1 Å². The van der Waals surface area contributed by atoms with Gasteiger partial charge in [-0.15, -0.1) is 0 Å². The molecule has 1 saturated heterocycles. The van der Waals surface area contributed by atoms with Crippen LogP contribution >= 0.6 is 0 Å². The van der Waals surface area contributed by atoms with Crippen LogP contribution in [0, 0.1) is 22.7 Å². The van der Waals surface area contributed by atoms with E-state index in [1.165, 1.54) is 24.3 Å². The molecule has 33 heavy (non-hydrogen) atoms. The summed E-state index contributed by atoms with van der Waals surface area (Å²) in [4.78, 5) is 25.1. The van der Waals surface area contributed by atoms with E-state index >= 15 is 0 Å². The van der Waals surface area contributed by atoms with Crippen molar-refractivity contribution in [2.45, 2.75) is 31.1 Å². The van der Waals surface area contributed by atoms with Gasteiger partial charge in [0.05, 0.1) is 42.9 Å². The largest absolute Gasteiger partial charge is 0.435 e. The van der Waals surface area contributed by atoms with Crippen LogP contribution in [0.1, 0.15) is 33.6 Å². The van der Waals surface area contributed by atoms with Gasteiger partial charge in [-0.1, -0.05) is 12.1 Å². The maximum absolute atomic E-state index is 13.5. The summed E-state index contributed by atoms with van der Waals surface area (Å²) in [5, 5.41) is 23.1. The van der Waals surface area contributed by atoms with Gasteiger partial charge < -0.3 is 10.2 Å². The second-order valence-corrected chi connectivity index (χ2v) is 7.30. The molecule has 0 aliphatic carbocycles. The van der Waals surface area contributed by atoms with E-state index in [0.717, 1.165) is 10.9 Å². The molecule has 0 saturated carbocycles. The van der Waals surface area contributed by atoms with Crippen LogP contribution in [0.4, 0.5) is 22.0 Å². The molecule has 1 aliphatic rings. The van der Waals surface area contributed by atoms with Crippen LogP contribution in [-0.2, 0) is 17.5 Å². The Morgan fingerprint density at radius 2 is 1.88 bits per heavy atom. The first-order valence-corrected chi connectivity index (χ1v) is 9.42. The van der Waals surface area contributed by atoms with Crippen molar-refractivity contribution < 1.29 is 31.5 Å². The third kappa shape index (κ3) is 5.44. The number of nitrogens with one attached hydrogen (secondary N) is 1. The smallest absolute Gasteiger partial charge is 0.343 e. The number of aromatic nitrogens is 2. The van der Waals surface area contributed by atoms with Crippen LogP contribution in [0.25, 0.3) is 0 Å². The highest BCUT2D eigenvalue weighted by molar-refractivity contribution is 5.97. The molecule has 0 spiro atoms. The van der Waals surface area contributed by atoms with Gasteiger partial charge in [-0.05, 0) is 17.7 Å². The molecule has 3 rings (SSSR count). The molecule has 1 aromatic carbocycles. The number of alkyl halides is 5. The molecule has 13 heteroatoms. The minimum absolute atomic E-state index is 0.131. The van der Waals surface area contributed by atoms with Gasteiger partial charge in [0.25, 0.3) is 11.8 Å². The standard InChI is InChI=1S/C20H15F5N6O2/c21-19(22)5-14(7-27)31(11-19)16(32)8-28-18(33)15-10-30(29-17(15)20(23,24)25)9-13-3-1-12(6-26)2-4-13/h1-4,10,14H,5,8-9,11H2,(H,28,33)/t14-/m0/s1. The van der Waals surface area contributed by atoms with Crippen LogP contribution < -0.4 is 5.32 Å². The molecular formula is C20H15F5N6O2. The molecule has 0 bridgehead atoms. The molecule has 1 fully saturated rings. The summed E-state index contributed by atoms with van der Waals surface area (Å²) in [6.07, 6.45) is -4.98. The first-order chi connectivity index (χ1) is 15.4. The Bertz CT molecular complexity index is 1140. The Kier molecular flexibility index (Phi) is 6.35. The average molecular weight is 466 g/mol. The first-order valence-electron chi connectivity index (χ1n) is 9.42. The molecule has 2 aromatic rings. The SMILES string of the molecule is N#Cc1ccc(Cn2cc(C(=O)NCC(=O)N3CC(F)(F)C[C@H]3C#N)c(C(F)(F)F)n2)cc1. The molecule has 0 radical (unpaired) electrons. The lowest BCUT2D eigenvalue weighted by molar-refractivity contribution is -0.141. The lowest BCUT2D eigenvalue weighted by Crippen LogP contribution is -2.43. The fourth-order valence-corrected chi connectivity index (χ4v) is 3.30. The topological polar surface area (TPSA) is 115 Å². The number of nitriles is 2. The molecule has 8 nitrogen and oxygen atoms in total. The number of hydrogen-bond donors (Lipinski definition) is 1. The van der Waals surface area contributed by atoms with E-state index in [1.54, 1.807) is 6.07 Å². The van der Waals surface area contributed by atoms with Gasteiger partial charge in [0.2, 0.25) is 5.91 Å². The predicted molar refractivity (Wildman–Crippen MR) is 100 cm³/mol. The number of amides is 2. The van der Waals surface area contributed by atoms with Gasteiger partial charge in [-0.25, -0.2) is 8.78 Å². The van der Waals surface area contributed by atoms with Gasteiger partial charge in [-0.2, -0.15) is 28.8 Å². The molecule has 1 aliphatic heterocycles. The van der Waals surface area contributed by atoms with Gasteiger partial charge in [0, 0.05) is 12.6 Å². The third-order valence-corrected chi connectivity index (χ3v) is 4.84. The minimum atomic E-state index is -4.98. The molecule has 1 atom stereocenters. The summed E-state index contributed by atoms with van der Waals surface area (Å²) in [6, 6.07) is 8.05. The highest BCUT2D eigenvalue weighted by atomic mass is 19.4. The van der Waals surface area contributed by atoms with Gasteiger partial charge in [0.1, 0.15) is 6.04 Å². The second-order valence-electron chi connectivity index (χ2n) is 7.30. The zero-order chi connectivity index (χ0) is 24.4. The molecule has 0 unspecified atom stereocenters. The normalized spacial score (nSPS) is 17.3. The Morgan fingerprint density at radius 1 is 1.21 bits per heavy atom. The maximum atomic E-state index is 13.5. The number of benzene rings is 1. The van der Waals surface area contributed by atoms with Crippen LogP contribution in [0.5, 0.6) is 0 Å². The highest BCUT2D eigenvalue weighted by Gasteiger charge is 2.47. The van der Waals surface area contributed by atoms with Crippen LogP contribution in [0.2, 0.25) is 0 Å². The van der Waals surface area contributed by atoms with Crippen molar-refractivity contribution in [3.05, 3.63) is 52.8 Å². The molecule has 172 valence electrons. The lowest BCUT2D eigenvalue weighted by Gasteiger charge is -2.19. The van der Waals surface area contributed by atoms with Crippen molar-refractivity contribution in [2.24, 2.45) is 0 Å². The Morgan fingerprint density at radius 3 is 2.45 bits per heavy atom. The van der Waals surface area contributed by atoms with Crippen LogP contribution in [-0.4, -0.2) is 51.5 Å². The summed E-state index contributed by atoms with van der Waals surface area (Å²) in [5.41, 5.74) is -1.46. The quantitative estimate of drug-likeness (QED) is 0.680. The summed E-state index contributed by atoms with van der Waals surface area (Å²) >= 11 is 0. The maximum Gasteiger partial charge on any atom is 0.435 e. The molecular weight excluding hydrogens is 451 g/mol. The van der Waals surface area contributed by atoms with Crippen molar-refractivity contribution >= 4 is 11.8 Å². The molecule has 2 heterocycles. The van der Waals surface area contributed by atoms with E-state index in [0.29, 0.717) is 16.0 Å². The van der Waals surface area contributed by atoms with E-state index in [4.69, 9.17) is 10.5 Å². The Labute approximate surface area is 183 Å².